The minimum Gasteiger partial charge on any atom is -0.497 e. The number of ether oxygens (including phenoxy) is 2. The number of methoxy groups -OCH3 is 2. The number of benzene rings is 3. The lowest BCUT2D eigenvalue weighted by Crippen LogP contribution is -2.26. The van der Waals surface area contributed by atoms with Gasteiger partial charge < -0.3 is 9.47 Å². The third kappa shape index (κ3) is 3.52. The van der Waals surface area contributed by atoms with Crippen LogP contribution >= 0.6 is 0 Å². The summed E-state index contributed by atoms with van der Waals surface area (Å²) in [7, 11) is 1.07. The average Bonchev–Trinajstić information content (AvgIpc) is 2.67. The van der Waals surface area contributed by atoms with Crippen LogP contribution in [0.1, 0.15) is 5.56 Å². The maximum Gasteiger partial charge on any atom is 0.243 e. The van der Waals surface area contributed by atoms with Gasteiger partial charge in [0.15, 0.2) is 0 Å². The molecule has 3 rings (SSSR count). The second-order valence-electron chi connectivity index (χ2n) is 5.95. The molecule has 0 aliphatic heterocycles. The normalized spacial score (nSPS) is 11.7. The van der Waals surface area contributed by atoms with Gasteiger partial charge in [-0.25, -0.2) is 8.42 Å². The Morgan fingerprint density at radius 3 is 2.31 bits per heavy atom. The van der Waals surface area contributed by atoms with Crippen molar-refractivity contribution < 1.29 is 17.9 Å². The summed E-state index contributed by atoms with van der Waals surface area (Å²) >= 11 is 0. The molecule has 0 aliphatic rings. The van der Waals surface area contributed by atoms with Crippen LogP contribution in [0.2, 0.25) is 0 Å². The minimum atomic E-state index is -3.62. The van der Waals surface area contributed by atoms with Crippen LogP contribution in [0.15, 0.2) is 65.6 Å². The molecule has 0 amide bonds. The molecule has 0 fully saturated rings. The van der Waals surface area contributed by atoms with Crippen molar-refractivity contribution in [3.63, 3.8) is 0 Å². The third-order valence-electron chi connectivity index (χ3n) is 4.32. The summed E-state index contributed by atoms with van der Waals surface area (Å²) in [6.45, 7) is 0.197. The summed E-state index contributed by atoms with van der Waals surface area (Å²) in [5, 5.41) is 1.90. The van der Waals surface area contributed by atoms with Crippen LogP contribution in [-0.2, 0) is 16.6 Å². The standard InChI is InChI=1S/C20H21NO4S/c1-21(14-17-8-10-18(24-2)13-20(17)25-3)26(22,23)19-11-9-15-6-4-5-7-16(15)12-19/h4-13H,14H2,1-3H3. The molecular weight excluding hydrogens is 350 g/mol. The largest absolute Gasteiger partial charge is 0.497 e. The quantitative estimate of drug-likeness (QED) is 0.663. The molecule has 0 aromatic heterocycles. The molecule has 0 heterocycles. The van der Waals surface area contributed by atoms with Crippen LogP contribution in [-0.4, -0.2) is 34.0 Å². The summed E-state index contributed by atoms with van der Waals surface area (Å²) in [4.78, 5) is 0.270. The van der Waals surface area contributed by atoms with Crippen LogP contribution in [0, 0.1) is 0 Å². The van der Waals surface area contributed by atoms with Gasteiger partial charge in [0, 0.05) is 25.2 Å². The Balaban J connectivity index is 1.91. The van der Waals surface area contributed by atoms with Gasteiger partial charge >= 0.3 is 0 Å². The summed E-state index contributed by atoms with van der Waals surface area (Å²) in [5.74, 6) is 1.25. The zero-order valence-electron chi connectivity index (χ0n) is 15.0. The second kappa shape index (κ2) is 7.35. The van der Waals surface area contributed by atoms with Gasteiger partial charge in [0.25, 0.3) is 0 Å². The molecule has 0 atom stereocenters. The lowest BCUT2D eigenvalue weighted by molar-refractivity contribution is 0.384. The highest BCUT2D eigenvalue weighted by Gasteiger charge is 2.22. The summed E-state index contributed by atoms with van der Waals surface area (Å²) in [6, 6.07) is 18.2. The van der Waals surface area contributed by atoms with Crippen LogP contribution in [0.5, 0.6) is 11.5 Å². The Hall–Kier alpha value is -2.57. The molecule has 26 heavy (non-hydrogen) atoms. The average molecular weight is 371 g/mol. The molecule has 0 radical (unpaired) electrons. The summed E-state index contributed by atoms with van der Waals surface area (Å²) in [6.07, 6.45) is 0. The zero-order valence-corrected chi connectivity index (χ0v) is 15.8. The van der Waals surface area contributed by atoms with Crippen LogP contribution in [0.3, 0.4) is 0 Å². The maximum absolute atomic E-state index is 13.0. The van der Waals surface area contributed by atoms with E-state index in [0.29, 0.717) is 11.5 Å². The fourth-order valence-corrected chi connectivity index (χ4v) is 4.00. The molecule has 0 unspecified atom stereocenters. The highest BCUT2D eigenvalue weighted by atomic mass is 32.2. The predicted molar refractivity (Wildman–Crippen MR) is 102 cm³/mol. The number of sulfonamides is 1. The molecular formula is C20H21NO4S. The van der Waals surface area contributed by atoms with Crippen molar-refractivity contribution in [1.29, 1.82) is 0 Å². The van der Waals surface area contributed by atoms with Gasteiger partial charge in [-0.1, -0.05) is 36.4 Å². The lowest BCUT2D eigenvalue weighted by Gasteiger charge is -2.19. The van der Waals surface area contributed by atoms with Gasteiger partial charge in [-0.2, -0.15) is 4.31 Å². The van der Waals surface area contributed by atoms with E-state index in [1.165, 1.54) is 4.31 Å². The van der Waals surface area contributed by atoms with Crippen molar-refractivity contribution in [2.45, 2.75) is 11.4 Å². The number of hydrogen-bond donors (Lipinski definition) is 0. The Labute approximate surface area is 153 Å². The Morgan fingerprint density at radius 2 is 1.62 bits per heavy atom. The van der Waals surface area contributed by atoms with Crippen LogP contribution in [0.4, 0.5) is 0 Å². The number of fused-ring (bicyclic) bond motifs is 1. The third-order valence-corrected chi connectivity index (χ3v) is 6.12. The molecule has 3 aromatic carbocycles. The minimum absolute atomic E-state index is 0.197. The molecule has 0 bridgehead atoms. The smallest absolute Gasteiger partial charge is 0.243 e. The van der Waals surface area contributed by atoms with Crippen molar-refractivity contribution in [2.75, 3.05) is 21.3 Å². The topological polar surface area (TPSA) is 55.8 Å². The number of hydrogen-bond acceptors (Lipinski definition) is 4. The van der Waals surface area contributed by atoms with E-state index < -0.39 is 10.0 Å². The van der Waals surface area contributed by atoms with Gasteiger partial charge in [0.1, 0.15) is 11.5 Å². The van der Waals surface area contributed by atoms with Gasteiger partial charge in [-0.15, -0.1) is 0 Å². The van der Waals surface area contributed by atoms with E-state index in [1.54, 1.807) is 45.5 Å². The van der Waals surface area contributed by atoms with E-state index in [9.17, 15) is 8.42 Å². The van der Waals surface area contributed by atoms with E-state index in [1.807, 2.05) is 36.4 Å². The fourth-order valence-electron chi connectivity index (χ4n) is 2.82. The molecule has 0 saturated carbocycles. The van der Waals surface area contributed by atoms with Crippen molar-refractivity contribution in [3.05, 3.63) is 66.2 Å². The second-order valence-corrected chi connectivity index (χ2v) is 7.99. The Morgan fingerprint density at radius 1 is 0.885 bits per heavy atom. The van der Waals surface area contributed by atoms with E-state index in [2.05, 4.69) is 0 Å². The van der Waals surface area contributed by atoms with Crippen LogP contribution in [0.25, 0.3) is 10.8 Å². The molecule has 3 aromatic rings. The summed E-state index contributed by atoms with van der Waals surface area (Å²) < 4.78 is 37.8. The first-order valence-electron chi connectivity index (χ1n) is 8.12. The van der Waals surface area contributed by atoms with Gasteiger partial charge in [0.05, 0.1) is 19.1 Å². The Kier molecular flexibility index (Phi) is 5.15. The van der Waals surface area contributed by atoms with Crippen LogP contribution < -0.4 is 9.47 Å². The molecule has 0 aliphatic carbocycles. The highest BCUT2D eigenvalue weighted by Crippen LogP contribution is 2.28. The Bertz CT molecular complexity index is 1030. The predicted octanol–water partition coefficient (Wildman–Crippen LogP) is 3.68. The van der Waals surface area contributed by atoms with E-state index >= 15 is 0 Å². The highest BCUT2D eigenvalue weighted by molar-refractivity contribution is 7.89. The van der Waals surface area contributed by atoms with Crippen molar-refractivity contribution >= 4 is 20.8 Å². The van der Waals surface area contributed by atoms with E-state index in [-0.39, 0.29) is 11.4 Å². The molecule has 6 heteroatoms. The number of nitrogens with zero attached hydrogens (tertiary/aromatic N) is 1. The first kappa shape index (κ1) is 18.2. The van der Waals surface area contributed by atoms with E-state index in [4.69, 9.17) is 9.47 Å². The van der Waals surface area contributed by atoms with Gasteiger partial charge in [-0.05, 0) is 29.0 Å². The first-order chi connectivity index (χ1) is 12.5. The van der Waals surface area contributed by atoms with Crippen molar-refractivity contribution in [3.8, 4) is 11.5 Å². The molecule has 0 N–H and O–H groups in total. The SMILES string of the molecule is COc1ccc(CN(C)S(=O)(=O)c2ccc3ccccc3c2)c(OC)c1. The molecule has 0 spiro atoms. The molecule has 0 saturated heterocycles. The zero-order chi connectivity index (χ0) is 18.7. The molecule has 5 nitrogen and oxygen atoms in total. The summed E-state index contributed by atoms with van der Waals surface area (Å²) in [5.41, 5.74) is 0.764. The lowest BCUT2D eigenvalue weighted by atomic mass is 10.1. The van der Waals surface area contributed by atoms with Crippen molar-refractivity contribution in [1.82, 2.24) is 4.31 Å². The monoisotopic (exact) mass is 371 g/mol. The van der Waals surface area contributed by atoms with E-state index in [0.717, 1.165) is 16.3 Å². The van der Waals surface area contributed by atoms with Gasteiger partial charge in [0.2, 0.25) is 10.0 Å². The molecule has 136 valence electrons. The number of rotatable bonds is 6. The van der Waals surface area contributed by atoms with Crippen molar-refractivity contribution in [2.24, 2.45) is 0 Å². The first-order valence-corrected chi connectivity index (χ1v) is 9.56. The fraction of sp³-hybridized carbons (Fsp3) is 0.200. The maximum atomic E-state index is 13.0. The van der Waals surface area contributed by atoms with Gasteiger partial charge in [-0.3, -0.25) is 0 Å².